The molecule has 0 amide bonds. The maximum absolute atomic E-state index is 11.7. The topological polar surface area (TPSA) is 76.5 Å². The second kappa shape index (κ2) is 5.35. The fraction of sp³-hybridized carbons (Fsp3) is 0.500. The Bertz CT molecular complexity index is 549. The van der Waals surface area contributed by atoms with Crippen LogP contribution in [0.4, 0.5) is 0 Å². The molecule has 2 heterocycles. The zero-order valence-electron chi connectivity index (χ0n) is 9.67. The van der Waals surface area contributed by atoms with Gasteiger partial charge in [-0.3, -0.25) is 4.79 Å². The van der Waals surface area contributed by atoms with E-state index in [4.69, 9.17) is 5.73 Å². The molecule has 0 radical (unpaired) electrons. The van der Waals surface area contributed by atoms with Crippen LogP contribution in [-0.4, -0.2) is 39.6 Å². The zero-order chi connectivity index (χ0) is 12.3. The van der Waals surface area contributed by atoms with Crippen LogP contribution in [0.25, 0.3) is 4.96 Å². The van der Waals surface area contributed by atoms with E-state index in [1.54, 1.807) is 5.51 Å². The summed E-state index contributed by atoms with van der Waals surface area (Å²) < 4.78 is 1.31. The third-order valence-electron chi connectivity index (χ3n) is 2.42. The largest absolute Gasteiger partial charge is 0.330 e. The number of fused-ring (bicyclic) bond motifs is 1. The second-order valence-electron chi connectivity index (χ2n) is 3.90. The summed E-state index contributed by atoms with van der Waals surface area (Å²) in [7, 11) is 1.99. The van der Waals surface area contributed by atoms with Crippen LogP contribution in [0.5, 0.6) is 0 Å². The number of hydrogen-bond acceptors (Lipinski definition) is 6. The first-order valence-electron chi connectivity index (χ1n) is 5.42. The lowest BCUT2D eigenvalue weighted by atomic mass is 10.3. The van der Waals surface area contributed by atoms with Crippen LogP contribution in [-0.2, 0) is 6.54 Å². The highest BCUT2D eigenvalue weighted by molar-refractivity contribution is 7.14. The standard InChI is InChI=1S/C10H15N5OS/c1-14(4-2-3-11)6-8-5-9(16)15-10(13-8)17-7-12-15/h5,7H,2-4,6,11H2,1H3. The van der Waals surface area contributed by atoms with Gasteiger partial charge in [0.2, 0.25) is 4.96 Å². The third kappa shape index (κ3) is 2.87. The van der Waals surface area contributed by atoms with Gasteiger partial charge in [-0.1, -0.05) is 11.3 Å². The van der Waals surface area contributed by atoms with Crippen LogP contribution < -0.4 is 11.3 Å². The van der Waals surface area contributed by atoms with E-state index >= 15 is 0 Å². The van der Waals surface area contributed by atoms with Crippen molar-refractivity contribution < 1.29 is 0 Å². The van der Waals surface area contributed by atoms with Gasteiger partial charge in [0.1, 0.15) is 5.51 Å². The molecule has 0 atom stereocenters. The van der Waals surface area contributed by atoms with Crippen molar-refractivity contribution in [1.29, 1.82) is 0 Å². The van der Waals surface area contributed by atoms with Crippen LogP contribution in [0.1, 0.15) is 12.1 Å². The van der Waals surface area contributed by atoms with Crippen molar-refractivity contribution in [3.8, 4) is 0 Å². The highest BCUT2D eigenvalue weighted by Gasteiger charge is 2.06. The molecule has 2 aromatic heterocycles. The Hall–Kier alpha value is -1.31. The molecule has 0 unspecified atom stereocenters. The minimum Gasteiger partial charge on any atom is -0.330 e. The Morgan fingerprint density at radius 3 is 3.18 bits per heavy atom. The first-order chi connectivity index (χ1) is 8.20. The Kier molecular flexibility index (Phi) is 3.82. The summed E-state index contributed by atoms with van der Waals surface area (Å²) in [5.74, 6) is 0. The van der Waals surface area contributed by atoms with Crippen molar-refractivity contribution in [1.82, 2.24) is 19.5 Å². The fourth-order valence-electron chi connectivity index (χ4n) is 1.60. The van der Waals surface area contributed by atoms with E-state index in [1.807, 2.05) is 7.05 Å². The van der Waals surface area contributed by atoms with Gasteiger partial charge in [0, 0.05) is 12.6 Å². The van der Waals surface area contributed by atoms with Gasteiger partial charge >= 0.3 is 0 Å². The molecule has 0 spiro atoms. The summed E-state index contributed by atoms with van der Waals surface area (Å²) in [5, 5.41) is 3.92. The van der Waals surface area contributed by atoms with Crippen molar-refractivity contribution in [2.75, 3.05) is 20.1 Å². The predicted octanol–water partition coefficient (Wildman–Crippen LogP) is -0.0684. The molecule has 17 heavy (non-hydrogen) atoms. The maximum Gasteiger partial charge on any atom is 0.275 e. The molecule has 7 heteroatoms. The minimum absolute atomic E-state index is 0.126. The number of rotatable bonds is 5. The van der Waals surface area contributed by atoms with Crippen LogP contribution >= 0.6 is 11.3 Å². The van der Waals surface area contributed by atoms with Gasteiger partial charge in [-0.05, 0) is 26.6 Å². The molecule has 2 rings (SSSR count). The van der Waals surface area contributed by atoms with E-state index in [2.05, 4.69) is 15.0 Å². The van der Waals surface area contributed by atoms with E-state index in [-0.39, 0.29) is 5.56 Å². The van der Waals surface area contributed by atoms with E-state index in [0.29, 0.717) is 18.1 Å². The number of nitrogens with two attached hydrogens (primary N) is 1. The summed E-state index contributed by atoms with van der Waals surface area (Å²) in [6.45, 7) is 2.23. The average molecular weight is 253 g/mol. The maximum atomic E-state index is 11.7. The lowest BCUT2D eigenvalue weighted by Crippen LogP contribution is -2.24. The van der Waals surface area contributed by atoms with Crippen molar-refractivity contribution in [2.24, 2.45) is 5.73 Å². The third-order valence-corrected chi connectivity index (χ3v) is 3.09. The summed E-state index contributed by atoms with van der Waals surface area (Å²) >= 11 is 1.36. The number of aromatic nitrogens is 3. The molecule has 92 valence electrons. The molecule has 0 saturated carbocycles. The van der Waals surface area contributed by atoms with Gasteiger partial charge in [0.15, 0.2) is 0 Å². The van der Waals surface area contributed by atoms with E-state index < -0.39 is 0 Å². The summed E-state index contributed by atoms with van der Waals surface area (Å²) in [5.41, 5.74) is 7.72. The van der Waals surface area contributed by atoms with E-state index in [9.17, 15) is 4.79 Å². The van der Waals surface area contributed by atoms with Crippen molar-refractivity contribution in [3.05, 3.63) is 27.6 Å². The molecular weight excluding hydrogens is 238 g/mol. The smallest absolute Gasteiger partial charge is 0.275 e. The number of hydrogen-bond donors (Lipinski definition) is 1. The molecule has 0 aliphatic rings. The Morgan fingerprint density at radius 2 is 2.41 bits per heavy atom. The molecule has 0 aromatic carbocycles. The first kappa shape index (κ1) is 12.2. The molecule has 2 N–H and O–H groups in total. The van der Waals surface area contributed by atoms with Gasteiger partial charge in [0.05, 0.1) is 5.69 Å². The molecule has 0 aliphatic carbocycles. The normalized spacial score (nSPS) is 11.5. The minimum atomic E-state index is -0.126. The zero-order valence-corrected chi connectivity index (χ0v) is 10.5. The van der Waals surface area contributed by atoms with E-state index in [1.165, 1.54) is 21.9 Å². The van der Waals surface area contributed by atoms with Crippen LogP contribution in [0.15, 0.2) is 16.4 Å². The molecule has 0 bridgehead atoms. The highest BCUT2D eigenvalue weighted by atomic mass is 32.1. The van der Waals surface area contributed by atoms with E-state index in [0.717, 1.165) is 18.7 Å². The first-order valence-corrected chi connectivity index (χ1v) is 6.30. The Balaban J connectivity index is 2.16. The summed E-state index contributed by atoms with van der Waals surface area (Å²) in [6, 6.07) is 1.53. The molecule has 0 saturated heterocycles. The summed E-state index contributed by atoms with van der Waals surface area (Å²) in [6.07, 6.45) is 0.943. The Morgan fingerprint density at radius 1 is 1.59 bits per heavy atom. The molecular formula is C10H15N5OS. The van der Waals surface area contributed by atoms with Gasteiger partial charge in [0.25, 0.3) is 5.56 Å². The van der Waals surface area contributed by atoms with Crippen molar-refractivity contribution >= 4 is 16.3 Å². The average Bonchev–Trinajstić information content (AvgIpc) is 2.75. The lowest BCUT2D eigenvalue weighted by Gasteiger charge is -2.14. The van der Waals surface area contributed by atoms with Gasteiger partial charge in [-0.25, -0.2) is 4.98 Å². The fourth-order valence-corrected chi connectivity index (χ4v) is 2.24. The molecule has 0 aliphatic heterocycles. The van der Waals surface area contributed by atoms with Crippen LogP contribution in [0, 0.1) is 0 Å². The molecule has 6 nitrogen and oxygen atoms in total. The summed E-state index contributed by atoms with van der Waals surface area (Å²) in [4.78, 5) is 18.8. The SMILES string of the molecule is CN(CCCN)Cc1cc(=O)n2ncsc2n1. The second-order valence-corrected chi connectivity index (χ2v) is 4.71. The number of nitrogens with zero attached hydrogens (tertiary/aromatic N) is 4. The lowest BCUT2D eigenvalue weighted by molar-refractivity contribution is 0.320. The van der Waals surface area contributed by atoms with Gasteiger partial charge in [-0.15, -0.1) is 0 Å². The quantitative estimate of drug-likeness (QED) is 0.807. The monoisotopic (exact) mass is 253 g/mol. The van der Waals surface area contributed by atoms with Gasteiger partial charge in [-0.2, -0.15) is 9.61 Å². The highest BCUT2D eigenvalue weighted by Crippen LogP contribution is 2.05. The molecule has 0 fully saturated rings. The van der Waals surface area contributed by atoms with Crippen molar-refractivity contribution in [2.45, 2.75) is 13.0 Å². The van der Waals surface area contributed by atoms with Crippen LogP contribution in [0.2, 0.25) is 0 Å². The Labute approximate surface area is 103 Å². The molecule has 2 aromatic rings. The van der Waals surface area contributed by atoms with Gasteiger partial charge < -0.3 is 10.6 Å². The predicted molar refractivity (Wildman–Crippen MR) is 67.1 cm³/mol. The van der Waals surface area contributed by atoms with Crippen molar-refractivity contribution in [3.63, 3.8) is 0 Å². The van der Waals surface area contributed by atoms with Crippen LogP contribution in [0.3, 0.4) is 0 Å².